The monoisotopic (exact) mass is 157 g/mol. The maximum atomic E-state index is 12.1. The molecule has 1 radical (unpaired) electrons. The van der Waals surface area contributed by atoms with E-state index in [-0.39, 0.29) is 5.57 Å². The van der Waals surface area contributed by atoms with Gasteiger partial charge in [-0.05, 0) is 0 Å². The van der Waals surface area contributed by atoms with Gasteiger partial charge in [0, 0.05) is 6.20 Å². The molecule has 59 valence electrons. The number of carbonyl (C=O) groups excluding carboxylic acids is 1. The Morgan fingerprint density at radius 3 is 3.00 bits per heavy atom. The number of methoxy groups -OCH3 is 1. The summed E-state index contributed by atoms with van der Waals surface area (Å²) >= 11 is 0. The number of ether oxygens (including phenoxy) is 1. The average molecular weight is 157 g/mol. The molecule has 1 rings (SSSR count). The largest absolute Gasteiger partial charge is 0.466 e. The van der Waals surface area contributed by atoms with E-state index in [1.165, 1.54) is 13.7 Å². The molecule has 0 spiro atoms. The molecular formula is C6H6FN2O2. The highest BCUT2D eigenvalue weighted by Gasteiger charge is 2.13. The number of aliphatic imine (C=N–C) groups is 1. The fourth-order valence-corrected chi connectivity index (χ4v) is 0.568. The van der Waals surface area contributed by atoms with Gasteiger partial charge in [0.05, 0.1) is 19.2 Å². The number of rotatable bonds is 1. The first kappa shape index (κ1) is 7.71. The maximum Gasteiger partial charge on any atom is 0.337 e. The number of amidine groups is 1. The maximum absolute atomic E-state index is 12.1. The van der Waals surface area contributed by atoms with Gasteiger partial charge in [-0.25, -0.2) is 9.79 Å². The highest BCUT2D eigenvalue weighted by Crippen LogP contribution is 2.04. The molecule has 0 fully saturated rings. The summed E-state index contributed by atoms with van der Waals surface area (Å²) in [5.41, 5.74) is 0.189. The van der Waals surface area contributed by atoms with Crippen molar-refractivity contribution in [3.63, 3.8) is 0 Å². The summed E-state index contributed by atoms with van der Waals surface area (Å²) in [6.07, 6.45) is 0.357. The zero-order chi connectivity index (χ0) is 8.27. The fourth-order valence-electron chi connectivity index (χ4n) is 0.568. The molecule has 0 atom stereocenters. The van der Waals surface area contributed by atoms with Crippen LogP contribution in [-0.2, 0) is 9.53 Å². The molecule has 0 aliphatic carbocycles. The number of esters is 1. The lowest BCUT2D eigenvalue weighted by Gasteiger charge is -2.07. The predicted octanol–water partition coefficient (Wildman–Crippen LogP) is 0.134. The number of hydrogen-bond acceptors (Lipinski definition) is 4. The Bertz CT molecular complexity index is 235. The van der Waals surface area contributed by atoms with E-state index in [9.17, 15) is 9.18 Å². The Kier molecular flexibility index (Phi) is 2.20. The molecule has 5 heteroatoms. The molecule has 0 saturated heterocycles. The van der Waals surface area contributed by atoms with Gasteiger partial charge in [-0.1, -0.05) is 0 Å². The Balaban J connectivity index is 2.68. The molecule has 0 bridgehead atoms. The smallest absolute Gasteiger partial charge is 0.337 e. The fraction of sp³-hybridized carbons (Fsp3) is 0.167. The van der Waals surface area contributed by atoms with Gasteiger partial charge < -0.3 is 10.1 Å². The summed E-state index contributed by atoms with van der Waals surface area (Å²) in [4.78, 5) is 13.9. The quantitative estimate of drug-likeness (QED) is 0.435. The molecule has 1 heterocycles. The first-order valence-electron chi connectivity index (χ1n) is 2.85. The van der Waals surface area contributed by atoms with Crippen LogP contribution in [0, 0.1) is 6.54 Å². The van der Waals surface area contributed by atoms with Crippen LogP contribution < -0.4 is 5.32 Å². The van der Waals surface area contributed by atoms with Crippen LogP contribution in [0.25, 0.3) is 0 Å². The van der Waals surface area contributed by atoms with E-state index in [2.05, 4.69) is 15.0 Å². The Morgan fingerprint density at radius 1 is 1.82 bits per heavy atom. The molecule has 0 aromatic carbocycles. The van der Waals surface area contributed by atoms with Gasteiger partial charge in [0.15, 0.2) is 0 Å². The van der Waals surface area contributed by atoms with Crippen molar-refractivity contribution in [3.8, 4) is 0 Å². The summed E-state index contributed by atoms with van der Waals surface area (Å²) < 4.78 is 16.5. The van der Waals surface area contributed by atoms with Gasteiger partial charge in [-0.3, -0.25) is 0 Å². The average Bonchev–Trinajstić information content (AvgIpc) is 2.05. The van der Waals surface area contributed by atoms with Crippen LogP contribution in [0.5, 0.6) is 0 Å². The van der Waals surface area contributed by atoms with Gasteiger partial charge in [-0.2, -0.15) is 4.39 Å². The minimum absolute atomic E-state index is 0.189. The van der Waals surface area contributed by atoms with E-state index < -0.39 is 12.1 Å². The minimum atomic E-state index is -0.738. The van der Waals surface area contributed by atoms with Gasteiger partial charge >= 0.3 is 5.97 Å². The van der Waals surface area contributed by atoms with E-state index in [1.54, 1.807) is 0 Å². The van der Waals surface area contributed by atoms with Crippen molar-refractivity contribution in [2.45, 2.75) is 0 Å². The second-order valence-electron chi connectivity index (χ2n) is 1.78. The van der Waals surface area contributed by atoms with E-state index in [1.807, 2.05) is 0 Å². The van der Waals surface area contributed by atoms with E-state index in [4.69, 9.17) is 0 Å². The van der Waals surface area contributed by atoms with E-state index in [0.717, 1.165) is 6.20 Å². The van der Waals surface area contributed by atoms with Crippen LogP contribution in [0.2, 0.25) is 0 Å². The summed E-state index contributed by atoms with van der Waals surface area (Å²) in [6.45, 7) is 1.19. The Hall–Kier alpha value is -1.39. The number of hydrogen-bond donors (Lipinski definition) is 1. The van der Waals surface area contributed by atoms with Crippen molar-refractivity contribution < 1.29 is 13.9 Å². The highest BCUT2D eigenvalue weighted by molar-refractivity contribution is 5.93. The lowest BCUT2D eigenvalue weighted by atomic mass is 10.3. The zero-order valence-corrected chi connectivity index (χ0v) is 5.80. The molecule has 11 heavy (non-hydrogen) atoms. The number of carbonyl (C=O) groups is 1. The van der Waals surface area contributed by atoms with Crippen LogP contribution in [0.1, 0.15) is 0 Å². The predicted molar refractivity (Wildman–Crippen MR) is 36.1 cm³/mol. The van der Waals surface area contributed by atoms with Crippen molar-refractivity contribution >= 4 is 12.1 Å². The molecule has 0 aromatic rings. The van der Waals surface area contributed by atoms with Crippen LogP contribution >= 0.6 is 0 Å². The van der Waals surface area contributed by atoms with Crippen LogP contribution in [0.4, 0.5) is 4.39 Å². The zero-order valence-electron chi connectivity index (χ0n) is 5.80. The Morgan fingerprint density at radius 2 is 2.55 bits per heavy atom. The first-order valence-corrected chi connectivity index (χ1v) is 2.85. The number of nitrogens with zero attached hydrogens (tertiary/aromatic N) is 1. The van der Waals surface area contributed by atoms with Gasteiger partial charge in [0.1, 0.15) is 0 Å². The number of halogens is 1. The third-order valence-corrected chi connectivity index (χ3v) is 1.08. The molecule has 1 aliphatic heterocycles. The molecular weight excluding hydrogens is 151 g/mol. The molecule has 0 aromatic heterocycles. The summed E-state index contributed by atoms with van der Waals surface area (Å²) in [5, 5.41) is 2.14. The summed E-state index contributed by atoms with van der Waals surface area (Å²) in [6, 6.07) is 0. The second-order valence-corrected chi connectivity index (χ2v) is 1.78. The van der Waals surface area contributed by atoms with Crippen LogP contribution in [0.15, 0.2) is 16.8 Å². The summed E-state index contributed by atoms with van der Waals surface area (Å²) in [7, 11) is 1.24. The Labute approximate surface area is 62.8 Å². The van der Waals surface area contributed by atoms with Crippen LogP contribution in [0.3, 0.4) is 0 Å². The third kappa shape index (κ3) is 1.76. The molecule has 4 nitrogen and oxygen atoms in total. The first-order chi connectivity index (χ1) is 5.24. The van der Waals surface area contributed by atoms with Crippen LogP contribution in [-0.4, -0.2) is 19.2 Å². The summed E-state index contributed by atoms with van der Waals surface area (Å²) in [5.74, 6) is -0.547. The third-order valence-electron chi connectivity index (χ3n) is 1.08. The second kappa shape index (κ2) is 3.14. The topological polar surface area (TPSA) is 50.7 Å². The van der Waals surface area contributed by atoms with E-state index >= 15 is 0 Å². The highest BCUT2D eigenvalue weighted by atomic mass is 19.1. The lowest BCUT2D eigenvalue weighted by molar-refractivity contribution is -0.135. The lowest BCUT2D eigenvalue weighted by Crippen LogP contribution is -2.23. The number of nitrogens with one attached hydrogen (secondary N) is 1. The SMILES string of the molecule is COC(=O)C1=CN=C(F)N[CH]1. The van der Waals surface area contributed by atoms with Crippen molar-refractivity contribution in [2.75, 3.05) is 7.11 Å². The van der Waals surface area contributed by atoms with Gasteiger partial charge in [0.2, 0.25) is 0 Å². The molecule has 1 aliphatic rings. The standard InChI is InChI=1S/C6H6FN2O2/c1-11-5(10)4-2-8-6(7)9-3-4/h2-3H,1H3,(H,8,9). The van der Waals surface area contributed by atoms with Crippen molar-refractivity contribution in [1.29, 1.82) is 0 Å². The van der Waals surface area contributed by atoms with Gasteiger partial charge in [0.25, 0.3) is 6.09 Å². The molecule has 1 N–H and O–H groups in total. The molecule has 0 saturated carbocycles. The van der Waals surface area contributed by atoms with Gasteiger partial charge in [-0.15, -0.1) is 0 Å². The molecule has 0 unspecified atom stereocenters. The molecule has 0 amide bonds. The minimum Gasteiger partial charge on any atom is -0.466 e. The normalized spacial score (nSPS) is 16.2. The van der Waals surface area contributed by atoms with Crippen molar-refractivity contribution in [3.05, 3.63) is 18.3 Å². The van der Waals surface area contributed by atoms with Crippen molar-refractivity contribution in [1.82, 2.24) is 5.32 Å². The van der Waals surface area contributed by atoms with Crippen molar-refractivity contribution in [2.24, 2.45) is 4.99 Å². The van der Waals surface area contributed by atoms with E-state index in [0.29, 0.717) is 0 Å².